The fourth-order valence-corrected chi connectivity index (χ4v) is 2.71. The second-order valence-corrected chi connectivity index (χ2v) is 6.80. The molecular formula is C19H17F4IO3. The van der Waals surface area contributed by atoms with Crippen LogP contribution in [0.1, 0.15) is 43.0 Å². The van der Waals surface area contributed by atoms with Crippen LogP contribution >= 0.6 is 22.6 Å². The van der Waals surface area contributed by atoms with Crippen molar-refractivity contribution in [1.82, 2.24) is 0 Å². The molecule has 0 radical (unpaired) electrons. The lowest BCUT2D eigenvalue weighted by atomic mass is 10.2. The maximum atomic E-state index is 13.8. The summed E-state index contributed by atoms with van der Waals surface area (Å²) in [6.45, 7) is 2.64. The van der Waals surface area contributed by atoms with Crippen LogP contribution in [0.25, 0.3) is 0 Å². The van der Waals surface area contributed by atoms with E-state index in [1.54, 1.807) is 0 Å². The van der Waals surface area contributed by atoms with Gasteiger partial charge in [-0.1, -0.05) is 26.2 Å². The van der Waals surface area contributed by atoms with Gasteiger partial charge in [0.1, 0.15) is 5.75 Å². The smallest absolute Gasteiger partial charge is 0.343 e. The maximum Gasteiger partial charge on any atom is 0.343 e. The molecule has 0 N–H and O–H groups in total. The van der Waals surface area contributed by atoms with Gasteiger partial charge in [-0.05, 0) is 53.3 Å². The number of hydrogen-bond donors (Lipinski definition) is 0. The lowest BCUT2D eigenvalue weighted by Crippen LogP contribution is -2.13. The lowest BCUT2D eigenvalue weighted by Gasteiger charge is -2.10. The van der Waals surface area contributed by atoms with E-state index in [4.69, 9.17) is 4.74 Å². The molecule has 2 rings (SSSR count). The van der Waals surface area contributed by atoms with Crippen LogP contribution in [0, 0.1) is 26.8 Å². The Balaban J connectivity index is 2.05. The number of carbonyl (C=O) groups is 1. The topological polar surface area (TPSA) is 35.5 Å². The van der Waals surface area contributed by atoms with Crippen LogP contribution in [0.3, 0.4) is 0 Å². The van der Waals surface area contributed by atoms with Crippen molar-refractivity contribution < 1.29 is 31.8 Å². The minimum atomic E-state index is -1.77. The normalized spacial score (nSPS) is 10.7. The maximum absolute atomic E-state index is 13.8. The van der Waals surface area contributed by atoms with E-state index in [9.17, 15) is 22.4 Å². The van der Waals surface area contributed by atoms with Crippen molar-refractivity contribution in [2.45, 2.75) is 32.6 Å². The number of benzene rings is 2. The molecule has 0 atom stereocenters. The monoisotopic (exact) mass is 496 g/mol. The van der Waals surface area contributed by atoms with Crippen molar-refractivity contribution in [2.75, 3.05) is 6.61 Å². The van der Waals surface area contributed by atoms with Crippen molar-refractivity contribution in [3.8, 4) is 11.5 Å². The molecular weight excluding hydrogens is 479 g/mol. The van der Waals surface area contributed by atoms with Gasteiger partial charge >= 0.3 is 5.97 Å². The Morgan fingerprint density at radius 2 is 1.52 bits per heavy atom. The molecule has 0 aromatic heterocycles. The van der Waals surface area contributed by atoms with Gasteiger partial charge in [-0.3, -0.25) is 0 Å². The number of rotatable bonds is 8. The molecule has 146 valence electrons. The van der Waals surface area contributed by atoms with Gasteiger partial charge in [0.05, 0.1) is 15.7 Å². The second kappa shape index (κ2) is 9.91. The predicted octanol–water partition coefficient (Wildman–Crippen LogP) is 6.03. The second-order valence-electron chi connectivity index (χ2n) is 5.72. The van der Waals surface area contributed by atoms with Gasteiger partial charge in [0.25, 0.3) is 0 Å². The minimum absolute atomic E-state index is 0.0495. The number of ether oxygens (including phenoxy) is 2. The van der Waals surface area contributed by atoms with Gasteiger partial charge in [0.2, 0.25) is 17.4 Å². The summed E-state index contributed by atoms with van der Waals surface area (Å²) >= 11 is 1.12. The molecule has 3 nitrogen and oxygen atoms in total. The van der Waals surface area contributed by atoms with E-state index in [0.29, 0.717) is 12.4 Å². The summed E-state index contributed by atoms with van der Waals surface area (Å²) in [7, 11) is 0. The average Bonchev–Trinajstić information content (AvgIpc) is 2.68. The van der Waals surface area contributed by atoms with E-state index in [2.05, 4.69) is 11.7 Å². The molecule has 0 aliphatic rings. The molecule has 8 heteroatoms. The van der Waals surface area contributed by atoms with E-state index in [0.717, 1.165) is 48.3 Å². The van der Waals surface area contributed by atoms with Crippen LogP contribution in [0.5, 0.6) is 11.5 Å². The Labute approximate surface area is 167 Å². The molecule has 0 heterocycles. The average molecular weight is 496 g/mol. The molecule has 0 unspecified atom stereocenters. The van der Waals surface area contributed by atoms with Crippen LogP contribution in [0.2, 0.25) is 0 Å². The number of halogens is 5. The third kappa shape index (κ3) is 5.33. The van der Waals surface area contributed by atoms with Crippen molar-refractivity contribution in [3.05, 3.63) is 56.7 Å². The molecule has 0 fully saturated rings. The van der Waals surface area contributed by atoms with Crippen LogP contribution in [-0.4, -0.2) is 12.6 Å². The van der Waals surface area contributed by atoms with E-state index in [-0.39, 0.29) is 5.56 Å². The first-order chi connectivity index (χ1) is 12.9. The third-order valence-corrected chi connectivity index (χ3v) is 4.67. The van der Waals surface area contributed by atoms with Gasteiger partial charge in [0.15, 0.2) is 11.6 Å². The largest absolute Gasteiger partial charge is 0.494 e. The fourth-order valence-electron chi connectivity index (χ4n) is 2.23. The highest BCUT2D eigenvalue weighted by atomic mass is 127. The van der Waals surface area contributed by atoms with Gasteiger partial charge < -0.3 is 9.47 Å². The summed E-state index contributed by atoms with van der Waals surface area (Å²) in [6.07, 6.45) is 4.20. The molecule has 0 spiro atoms. The Hall–Kier alpha value is -1.84. The SMILES string of the molecule is CCCCCCOc1ccc(C(=O)Oc2c(F)c(F)c(I)c(F)c2F)cc1. The zero-order valence-corrected chi connectivity index (χ0v) is 16.6. The molecule has 0 saturated heterocycles. The number of hydrogen-bond acceptors (Lipinski definition) is 3. The Kier molecular flexibility index (Phi) is 7.88. The molecule has 0 bridgehead atoms. The first-order valence-corrected chi connectivity index (χ1v) is 9.41. The van der Waals surface area contributed by atoms with E-state index >= 15 is 0 Å². The number of carbonyl (C=O) groups excluding carboxylic acids is 1. The summed E-state index contributed by atoms with van der Waals surface area (Å²) in [4.78, 5) is 12.0. The van der Waals surface area contributed by atoms with Crippen molar-refractivity contribution in [3.63, 3.8) is 0 Å². The van der Waals surface area contributed by atoms with E-state index in [1.807, 2.05) is 0 Å². The zero-order valence-electron chi connectivity index (χ0n) is 14.5. The first-order valence-electron chi connectivity index (χ1n) is 8.33. The molecule has 2 aromatic rings. The Morgan fingerprint density at radius 1 is 0.926 bits per heavy atom. The third-order valence-electron chi connectivity index (χ3n) is 3.72. The molecule has 2 aromatic carbocycles. The molecule has 0 aliphatic heterocycles. The quantitative estimate of drug-likeness (QED) is 0.0853. The Bertz CT molecular complexity index is 781. The minimum Gasteiger partial charge on any atom is -0.494 e. The Morgan fingerprint density at radius 3 is 2.07 bits per heavy atom. The lowest BCUT2D eigenvalue weighted by molar-refractivity contribution is 0.0717. The van der Waals surface area contributed by atoms with Crippen LogP contribution in [0.15, 0.2) is 24.3 Å². The molecule has 0 saturated carbocycles. The van der Waals surface area contributed by atoms with E-state index < -0.39 is 38.6 Å². The van der Waals surface area contributed by atoms with Gasteiger partial charge in [0, 0.05) is 0 Å². The zero-order chi connectivity index (χ0) is 20.0. The highest BCUT2D eigenvalue weighted by Crippen LogP contribution is 2.31. The van der Waals surface area contributed by atoms with Gasteiger partial charge in [-0.25, -0.2) is 13.6 Å². The molecule has 27 heavy (non-hydrogen) atoms. The highest BCUT2D eigenvalue weighted by molar-refractivity contribution is 14.1. The van der Waals surface area contributed by atoms with E-state index in [1.165, 1.54) is 24.3 Å². The first kappa shape index (κ1) is 21.5. The summed E-state index contributed by atoms with van der Waals surface area (Å²) in [5.41, 5.74) is -0.0495. The summed E-state index contributed by atoms with van der Waals surface area (Å²) < 4.78 is 63.8. The van der Waals surface area contributed by atoms with Crippen molar-refractivity contribution in [2.24, 2.45) is 0 Å². The highest BCUT2D eigenvalue weighted by Gasteiger charge is 2.27. The van der Waals surface area contributed by atoms with Gasteiger partial charge in [-0.2, -0.15) is 8.78 Å². The standard InChI is InChI=1S/C19H17F4IO3/c1-2-3-4-5-10-26-12-8-6-11(7-9-12)19(25)27-18-15(22)13(20)17(24)14(21)16(18)23/h6-9H,2-5,10H2,1H3. The fraction of sp³-hybridized carbons (Fsp3) is 0.316. The predicted molar refractivity (Wildman–Crippen MR) is 100 cm³/mol. The molecule has 0 aliphatic carbocycles. The summed E-state index contributed by atoms with van der Waals surface area (Å²) in [5.74, 6) is -8.81. The summed E-state index contributed by atoms with van der Waals surface area (Å²) in [6, 6.07) is 5.66. The number of unbranched alkanes of at least 4 members (excludes halogenated alkanes) is 3. The van der Waals surface area contributed by atoms with Crippen LogP contribution in [0.4, 0.5) is 17.6 Å². The van der Waals surface area contributed by atoms with Crippen LogP contribution in [-0.2, 0) is 0 Å². The van der Waals surface area contributed by atoms with Crippen LogP contribution < -0.4 is 9.47 Å². The number of esters is 1. The summed E-state index contributed by atoms with van der Waals surface area (Å²) in [5, 5.41) is 0. The van der Waals surface area contributed by atoms with Crippen molar-refractivity contribution in [1.29, 1.82) is 0 Å². The molecule has 0 amide bonds. The van der Waals surface area contributed by atoms with Gasteiger partial charge in [-0.15, -0.1) is 0 Å². The van der Waals surface area contributed by atoms with Crippen molar-refractivity contribution >= 4 is 28.6 Å².